The summed E-state index contributed by atoms with van der Waals surface area (Å²) in [6.45, 7) is 3.97. The summed E-state index contributed by atoms with van der Waals surface area (Å²) >= 11 is 1.37. The number of fused-ring (bicyclic) bond motifs is 1. The molecule has 6 heteroatoms. The number of aromatic nitrogens is 1. The number of carbonyl (C=O) groups is 2. The van der Waals surface area contributed by atoms with E-state index in [2.05, 4.69) is 4.98 Å². The second-order valence-corrected chi connectivity index (χ2v) is 9.34. The lowest BCUT2D eigenvalue weighted by atomic mass is 9.95. The minimum absolute atomic E-state index is 0.0523. The largest absolute Gasteiger partial charge is 0.503 e. The van der Waals surface area contributed by atoms with E-state index in [1.165, 1.54) is 22.3 Å². The number of carbonyl (C=O) groups excluding carboxylic acids is 2. The van der Waals surface area contributed by atoms with Gasteiger partial charge < -0.3 is 5.11 Å². The maximum Gasteiger partial charge on any atom is 0.296 e. The molecule has 0 aliphatic carbocycles. The van der Waals surface area contributed by atoms with Crippen molar-refractivity contribution in [3.05, 3.63) is 112 Å². The fourth-order valence-electron chi connectivity index (χ4n) is 4.07. The molecule has 1 unspecified atom stereocenters. The van der Waals surface area contributed by atoms with Gasteiger partial charge in [0.1, 0.15) is 0 Å². The van der Waals surface area contributed by atoms with Gasteiger partial charge in [0.2, 0.25) is 0 Å². The van der Waals surface area contributed by atoms with Crippen molar-refractivity contribution >= 4 is 44.5 Å². The lowest BCUT2D eigenvalue weighted by molar-refractivity contribution is -0.117. The number of allylic oxidation sites excluding steroid dienone is 1. The number of nitrogens with zero attached hydrogens (tertiary/aromatic N) is 2. The molecular weight excluding hydrogens is 444 g/mol. The predicted octanol–water partition coefficient (Wildman–Crippen LogP) is 6.10. The van der Waals surface area contributed by atoms with Crippen LogP contribution in [-0.4, -0.2) is 21.8 Å². The molecule has 34 heavy (non-hydrogen) atoms. The first-order valence-electron chi connectivity index (χ1n) is 10.9. The lowest BCUT2D eigenvalue weighted by Crippen LogP contribution is -2.30. The van der Waals surface area contributed by atoms with Crippen LogP contribution in [0.15, 0.2) is 90.2 Å². The zero-order valence-electron chi connectivity index (χ0n) is 18.7. The molecule has 168 valence electrons. The van der Waals surface area contributed by atoms with Gasteiger partial charge in [-0.2, -0.15) is 0 Å². The van der Waals surface area contributed by atoms with Crippen LogP contribution in [0.25, 0.3) is 16.3 Å². The van der Waals surface area contributed by atoms with Gasteiger partial charge in [-0.3, -0.25) is 14.5 Å². The third-order valence-electron chi connectivity index (χ3n) is 5.83. The molecule has 4 aromatic rings. The van der Waals surface area contributed by atoms with E-state index in [1.54, 1.807) is 6.08 Å². The van der Waals surface area contributed by atoms with Crippen molar-refractivity contribution in [3.63, 3.8) is 0 Å². The highest BCUT2D eigenvalue weighted by Crippen LogP contribution is 2.43. The SMILES string of the molecule is Cc1ccc(C2C(C(=O)/C=C/c3ccccc3)=C(O)C(=O)N2c2nc3ccc(C)cc3s2)cc1. The number of rotatable bonds is 5. The van der Waals surface area contributed by atoms with Gasteiger partial charge in [0.15, 0.2) is 16.7 Å². The first kappa shape index (κ1) is 21.8. The Kier molecular flexibility index (Phi) is 5.59. The van der Waals surface area contributed by atoms with Gasteiger partial charge in [-0.1, -0.05) is 83.6 Å². The first-order chi connectivity index (χ1) is 16.4. The summed E-state index contributed by atoms with van der Waals surface area (Å²) in [4.78, 5) is 32.7. The summed E-state index contributed by atoms with van der Waals surface area (Å²) in [7, 11) is 0. The van der Waals surface area contributed by atoms with Crippen molar-refractivity contribution in [3.8, 4) is 0 Å². The summed E-state index contributed by atoms with van der Waals surface area (Å²) in [6, 6.07) is 22.1. The Hall–Kier alpha value is -4.03. The topological polar surface area (TPSA) is 70.5 Å². The second-order valence-electron chi connectivity index (χ2n) is 8.33. The van der Waals surface area contributed by atoms with E-state index in [4.69, 9.17) is 0 Å². The Balaban J connectivity index is 1.60. The monoisotopic (exact) mass is 466 g/mol. The number of benzene rings is 3. The summed E-state index contributed by atoms with van der Waals surface area (Å²) in [5.74, 6) is -1.58. The molecule has 0 radical (unpaired) electrons. The van der Waals surface area contributed by atoms with Crippen LogP contribution in [0.2, 0.25) is 0 Å². The molecule has 5 rings (SSSR count). The van der Waals surface area contributed by atoms with E-state index in [1.807, 2.05) is 86.6 Å². The van der Waals surface area contributed by atoms with E-state index in [9.17, 15) is 14.7 Å². The highest BCUT2D eigenvalue weighted by atomic mass is 32.1. The van der Waals surface area contributed by atoms with Gasteiger partial charge in [0, 0.05) is 0 Å². The number of hydrogen-bond acceptors (Lipinski definition) is 5. The number of hydrogen-bond donors (Lipinski definition) is 1. The molecule has 1 aliphatic rings. The number of aliphatic hydroxyl groups excluding tert-OH is 1. The molecule has 2 heterocycles. The molecule has 1 amide bonds. The van der Waals surface area contributed by atoms with Crippen LogP contribution in [0.4, 0.5) is 5.13 Å². The van der Waals surface area contributed by atoms with Crippen LogP contribution < -0.4 is 4.90 Å². The summed E-state index contributed by atoms with van der Waals surface area (Å²) in [6.07, 6.45) is 3.09. The van der Waals surface area contributed by atoms with Crippen LogP contribution in [-0.2, 0) is 9.59 Å². The zero-order valence-corrected chi connectivity index (χ0v) is 19.5. The van der Waals surface area contributed by atoms with Gasteiger partial charge >= 0.3 is 0 Å². The summed E-state index contributed by atoms with van der Waals surface area (Å²) in [5, 5.41) is 11.3. The van der Waals surface area contributed by atoms with Gasteiger partial charge in [0.05, 0.1) is 21.8 Å². The third-order valence-corrected chi connectivity index (χ3v) is 6.85. The van der Waals surface area contributed by atoms with Gasteiger partial charge in [-0.05, 0) is 48.7 Å². The van der Waals surface area contributed by atoms with E-state index < -0.39 is 23.5 Å². The van der Waals surface area contributed by atoms with Crippen molar-refractivity contribution in [2.45, 2.75) is 19.9 Å². The molecule has 1 aliphatic heterocycles. The molecular formula is C28H22N2O3S. The Morgan fingerprint density at radius 1 is 1.00 bits per heavy atom. The van der Waals surface area contributed by atoms with Crippen molar-refractivity contribution in [1.29, 1.82) is 0 Å². The summed E-state index contributed by atoms with van der Waals surface area (Å²) in [5.41, 5.74) is 4.55. The van der Waals surface area contributed by atoms with Crippen LogP contribution in [0.1, 0.15) is 28.3 Å². The predicted molar refractivity (Wildman–Crippen MR) is 136 cm³/mol. The van der Waals surface area contributed by atoms with Crippen LogP contribution in [0, 0.1) is 13.8 Å². The summed E-state index contributed by atoms with van der Waals surface area (Å²) < 4.78 is 0.939. The fraction of sp³-hybridized carbons (Fsp3) is 0.107. The number of aryl methyl sites for hydroxylation is 2. The third kappa shape index (κ3) is 3.93. The molecule has 0 saturated carbocycles. The average Bonchev–Trinajstić information content (AvgIpc) is 3.36. The van der Waals surface area contributed by atoms with Crippen molar-refractivity contribution in [2.75, 3.05) is 4.90 Å². The molecule has 0 fully saturated rings. The van der Waals surface area contributed by atoms with Crippen LogP contribution in [0.3, 0.4) is 0 Å². The Morgan fingerprint density at radius 3 is 2.44 bits per heavy atom. The Morgan fingerprint density at radius 2 is 1.71 bits per heavy atom. The molecule has 0 spiro atoms. The minimum Gasteiger partial charge on any atom is -0.503 e. The van der Waals surface area contributed by atoms with E-state index in [0.717, 1.165) is 32.5 Å². The highest BCUT2D eigenvalue weighted by Gasteiger charge is 2.45. The zero-order chi connectivity index (χ0) is 23.8. The molecule has 1 aromatic heterocycles. The van der Waals surface area contributed by atoms with Crippen molar-refractivity contribution in [1.82, 2.24) is 4.98 Å². The number of aliphatic hydroxyl groups is 1. The van der Waals surface area contributed by atoms with Crippen LogP contribution >= 0.6 is 11.3 Å². The fourth-order valence-corrected chi connectivity index (χ4v) is 5.16. The second kappa shape index (κ2) is 8.72. The van der Waals surface area contributed by atoms with Gasteiger partial charge in [0.25, 0.3) is 5.91 Å². The lowest BCUT2D eigenvalue weighted by Gasteiger charge is -2.24. The number of thiazole rings is 1. The molecule has 1 N–H and O–H groups in total. The van der Waals surface area contributed by atoms with Crippen molar-refractivity contribution in [2.24, 2.45) is 0 Å². The number of amides is 1. The first-order valence-corrected chi connectivity index (χ1v) is 11.7. The van der Waals surface area contributed by atoms with Gasteiger partial charge in [-0.15, -0.1) is 0 Å². The Labute approximate surface area is 201 Å². The standard InChI is InChI=1S/C28H22N2O3S/c1-17-8-12-20(13-9-17)25-24(22(31)15-11-19-6-4-3-5-7-19)26(32)27(33)30(25)28-29-21-14-10-18(2)16-23(21)34-28/h3-16,25,32H,1-2H3/b15-11+. The van der Waals surface area contributed by atoms with Crippen molar-refractivity contribution < 1.29 is 14.7 Å². The molecule has 0 bridgehead atoms. The molecule has 3 aromatic carbocycles. The molecule has 1 atom stereocenters. The maximum atomic E-state index is 13.3. The number of anilines is 1. The highest BCUT2D eigenvalue weighted by molar-refractivity contribution is 7.22. The van der Waals surface area contributed by atoms with E-state index in [-0.39, 0.29) is 5.57 Å². The Bertz CT molecular complexity index is 1470. The number of ketones is 1. The maximum absolute atomic E-state index is 13.3. The minimum atomic E-state index is -0.775. The van der Waals surface area contributed by atoms with E-state index >= 15 is 0 Å². The molecule has 0 saturated heterocycles. The average molecular weight is 467 g/mol. The quantitative estimate of drug-likeness (QED) is 0.361. The van der Waals surface area contributed by atoms with Crippen LogP contribution in [0.5, 0.6) is 0 Å². The smallest absolute Gasteiger partial charge is 0.296 e. The normalized spacial score (nSPS) is 16.2. The van der Waals surface area contributed by atoms with Gasteiger partial charge in [-0.25, -0.2) is 4.98 Å². The molecule has 5 nitrogen and oxygen atoms in total. The van der Waals surface area contributed by atoms with E-state index in [0.29, 0.717) is 5.13 Å².